The molecule has 5 nitrogen and oxygen atoms in total. The number of fused-ring (bicyclic) bond motifs is 1. The van der Waals surface area contributed by atoms with Gasteiger partial charge in [-0.25, -0.2) is 9.97 Å². The number of aryl methyl sites for hydroxylation is 1. The molecule has 0 spiro atoms. The van der Waals surface area contributed by atoms with Crippen LogP contribution in [0.25, 0.3) is 11.0 Å². The van der Waals surface area contributed by atoms with E-state index >= 15 is 0 Å². The normalized spacial score (nSPS) is 10.1. The number of rotatable bonds is 5. The van der Waals surface area contributed by atoms with Crippen LogP contribution in [0.5, 0.6) is 11.5 Å². The molecule has 2 aromatic heterocycles. The first-order valence-electron chi connectivity index (χ1n) is 7.51. The molecule has 1 N–H and O–H groups in total. The molecule has 24 heavy (non-hydrogen) atoms. The molecule has 0 fully saturated rings. The van der Waals surface area contributed by atoms with Crippen molar-refractivity contribution >= 4 is 34.8 Å². The quantitative estimate of drug-likeness (QED) is 0.737. The lowest BCUT2D eigenvalue weighted by Crippen LogP contribution is -1.99. The van der Waals surface area contributed by atoms with Crippen LogP contribution < -0.4 is 14.8 Å². The SMILES string of the molecule is CCOc1cc2c(Nc3ccc(OC)cc3)ccnc2nc1C.Cl. The Labute approximate surface area is 147 Å². The summed E-state index contributed by atoms with van der Waals surface area (Å²) in [4.78, 5) is 8.87. The molecule has 0 aliphatic rings. The van der Waals surface area contributed by atoms with Gasteiger partial charge in [0, 0.05) is 17.3 Å². The van der Waals surface area contributed by atoms with Crippen LogP contribution in [0.15, 0.2) is 42.6 Å². The van der Waals surface area contributed by atoms with Crippen LogP contribution >= 0.6 is 12.4 Å². The van der Waals surface area contributed by atoms with Crippen LogP contribution in [0.2, 0.25) is 0 Å². The summed E-state index contributed by atoms with van der Waals surface area (Å²) >= 11 is 0. The number of benzene rings is 1. The fraction of sp³-hybridized carbons (Fsp3) is 0.222. The zero-order chi connectivity index (χ0) is 16.2. The van der Waals surface area contributed by atoms with Crippen LogP contribution in [0.4, 0.5) is 11.4 Å². The number of pyridine rings is 2. The zero-order valence-corrected chi connectivity index (χ0v) is 14.7. The van der Waals surface area contributed by atoms with Gasteiger partial charge in [0.1, 0.15) is 11.5 Å². The number of halogens is 1. The van der Waals surface area contributed by atoms with Crippen molar-refractivity contribution in [1.82, 2.24) is 9.97 Å². The summed E-state index contributed by atoms with van der Waals surface area (Å²) in [7, 11) is 1.65. The molecule has 0 saturated heterocycles. The maximum atomic E-state index is 5.65. The van der Waals surface area contributed by atoms with Crippen molar-refractivity contribution in [3.8, 4) is 11.5 Å². The van der Waals surface area contributed by atoms with E-state index in [0.717, 1.165) is 34.0 Å². The number of ether oxygens (including phenoxy) is 2. The Morgan fingerprint density at radius 1 is 1.12 bits per heavy atom. The van der Waals surface area contributed by atoms with Crippen molar-refractivity contribution in [2.24, 2.45) is 0 Å². The molecule has 0 aliphatic heterocycles. The Morgan fingerprint density at radius 2 is 1.88 bits per heavy atom. The molecule has 0 aliphatic carbocycles. The predicted octanol–water partition coefficient (Wildman–Crippen LogP) is 4.51. The minimum atomic E-state index is 0. The molecule has 1 aromatic carbocycles. The Bertz CT molecular complexity index is 822. The third kappa shape index (κ3) is 3.68. The number of hydrogen-bond donors (Lipinski definition) is 1. The Morgan fingerprint density at radius 3 is 2.54 bits per heavy atom. The molecule has 0 bridgehead atoms. The van der Waals surface area contributed by atoms with Gasteiger partial charge in [0.2, 0.25) is 0 Å². The van der Waals surface area contributed by atoms with Gasteiger partial charge in [0.05, 0.1) is 25.1 Å². The molecular formula is C18H20ClN3O2. The van der Waals surface area contributed by atoms with E-state index in [1.54, 1.807) is 13.3 Å². The maximum Gasteiger partial charge on any atom is 0.161 e. The summed E-state index contributed by atoms with van der Waals surface area (Å²) in [6, 6.07) is 11.7. The molecule has 0 amide bonds. The van der Waals surface area contributed by atoms with E-state index in [4.69, 9.17) is 9.47 Å². The molecule has 0 saturated carbocycles. The van der Waals surface area contributed by atoms with Gasteiger partial charge in [0.25, 0.3) is 0 Å². The highest BCUT2D eigenvalue weighted by Gasteiger charge is 2.09. The summed E-state index contributed by atoms with van der Waals surface area (Å²) in [5, 5.41) is 4.32. The summed E-state index contributed by atoms with van der Waals surface area (Å²) in [5.41, 5.74) is 3.45. The molecule has 3 rings (SSSR count). The van der Waals surface area contributed by atoms with E-state index < -0.39 is 0 Å². The van der Waals surface area contributed by atoms with E-state index in [1.807, 2.05) is 50.2 Å². The van der Waals surface area contributed by atoms with Crippen LogP contribution in [0.1, 0.15) is 12.6 Å². The van der Waals surface area contributed by atoms with Crippen LogP contribution in [-0.4, -0.2) is 23.7 Å². The summed E-state index contributed by atoms with van der Waals surface area (Å²) < 4.78 is 10.8. The van der Waals surface area contributed by atoms with Crippen molar-refractivity contribution in [2.75, 3.05) is 19.0 Å². The third-order valence-electron chi connectivity index (χ3n) is 3.54. The fourth-order valence-corrected chi connectivity index (χ4v) is 2.38. The predicted molar refractivity (Wildman–Crippen MR) is 99.0 cm³/mol. The van der Waals surface area contributed by atoms with Crippen molar-refractivity contribution < 1.29 is 9.47 Å². The summed E-state index contributed by atoms with van der Waals surface area (Å²) in [5.74, 6) is 1.61. The van der Waals surface area contributed by atoms with Crippen molar-refractivity contribution in [3.05, 3.63) is 48.3 Å². The van der Waals surface area contributed by atoms with Gasteiger partial charge >= 0.3 is 0 Å². The summed E-state index contributed by atoms with van der Waals surface area (Å²) in [6.45, 7) is 4.49. The molecule has 2 heterocycles. The van der Waals surface area contributed by atoms with Crippen LogP contribution in [0, 0.1) is 6.92 Å². The number of nitrogens with one attached hydrogen (secondary N) is 1. The van der Waals surface area contributed by atoms with E-state index in [-0.39, 0.29) is 12.4 Å². The highest BCUT2D eigenvalue weighted by Crippen LogP contribution is 2.29. The van der Waals surface area contributed by atoms with Crippen LogP contribution in [0.3, 0.4) is 0 Å². The lowest BCUT2D eigenvalue weighted by molar-refractivity contribution is 0.337. The van der Waals surface area contributed by atoms with Crippen LogP contribution in [-0.2, 0) is 0 Å². The lowest BCUT2D eigenvalue weighted by atomic mass is 10.2. The second kappa shape index (κ2) is 7.84. The van der Waals surface area contributed by atoms with E-state index in [9.17, 15) is 0 Å². The number of nitrogens with zero attached hydrogens (tertiary/aromatic N) is 2. The number of aromatic nitrogens is 2. The molecule has 0 atom stereocenters. The smallest absolute Gasteiger partial charge is 0.161 e. The fourth-order valence-electron chi connectivity index (χ4n) is 2.38. The topological polar surface area (TPSA) is 56.3 Å². The first-order valence-corrected chi connectivity index (χ1v) is 7.51. The Kier molecular flexibility index (Phi) is 5.82. The van der Waals surface area contributed by atoms with Crippen molar-refractivity contribution in [1.29, 1.82) is 0 Å². The standard InChI is InChI=1S/C18H19N3O2.ClH/c1-4-23-17-11-15-16(9-10-19-18(15)20-12(17)2)21-13-5-7-14(22-3)8-6-13;/h5-11H,4H2,1-3H3,(H,19,20,21);1H. The first kappa shape index (κ1) is 17.8. The van der Waals surface area contributed by atoms with Gasteiger partial charge in [-0.1, -0.05) is 0 Å². The van der Waals surface area contributed by atoms with Crippen molar-refractivity contribution in [2.45, 2.75) is 13.8 Å². The van der Waals surface area contributed by atoms with Gasteiger partial charge in [-0.3, -0.25) is 0 Å². The lowest BCUT2D eigenvalue weighted by Gasteiger charge is -2.12. The van der Waals surface area contributed by atoms with Gasteiger partial charge in [-0.05, 0) is 50.2 Å². The van der Waals surface area contributed by atoms with E-state index in [2.05, 4.69) is 15.3 Å². The molecule has 126 valence electrons. The third-order valence-corrected chi connectivity index (χ3v) is 3.54. The molecule has 6 heteroatoms. The highest BCUT2D eigenvalue weighted by molar-refractivity contribution is 5.91. The average Bonchev–Trinajstić information content (AvgIpc) is 2.57. The van der Waals surface area contributed by atoms with Crippen molar-refractivity contribution in [3.63, 3.8) is 0 Å². The van der Waals surface area contributed by atoms with Gasteiger partial charge < -0.3 is 14.8 Å². The van der Waals surface area contributed by atoms with Gasteiger partial charge in [-0.2, -0.15) is 0 Å². The van der Waals surface area contributed by atoms with Gasteiger partial charge in [0.15, 0.2) is 5.65 Å². The first-order chi connectivity index (χ1) is 11.2. The molecular weight excluding hydrogens is 326 g/mol. The molecule has 3 aromatic rings. The zero-order valence-electron chi connectivity index (χ0n) is 13.9. The minimum Gasteiger partial charge on any atom is -0.497 e. The molecule has 0 radical (unpaired) electrons. The second-order valence-electron chi connectivity index (χ2n) is 5.09. The summed E-state index contributed by atoms with van der Waals surface area (Å²) in [6.07, 6.45) is 1.75. The monoisotopic (exact) mass is 345 g/mol. The number of hydrogen-bond acceptors (Lipinski definition) is 5. The number of methoxy groups -OCH3 is 1. The average molecular weight is 346 g/mol. The van der Waals surface area contributed by atoms with E-state index in [0.29, 0.717) is 12.3 Å². The highest BCUT2D eigenvalue weighted by atomic mass is 35.5. The van der Waals surface area contributed by atoms with Gasteiger partial charge in [-0.15, -0.1) is 12.4 Å². The Hall–Kier alpha value is -2.53. The largest absolute Gasteiger partial charge is 0.497 e. The molecule has 0 unspecified atom stereocenters. The maximum absolute atomic E-state index is 5.65. The second-order valence-corrected chi connectivity index (χ2v) is 5.09. The number of anilines is 2. The minimum absolute atomic E-state index is 0. The Balaban J connectivity index is 0.00000208. The van der Waals surface area contributed by atoms with E-state index in [1.165, 1.54) is 0 Å².